The summed E-state index contributed by atoms with van der Waals surface area (Å²) in [7, 11) is 0. The fraction of sp³-hybridized carbons (Fsp3) is 0.588. The maximum absolute atomic E-state index is 12.7. The molecule has 0 radical (unpaired) electrons. The normalized spacial score (nSPS) is 17.4. The Morgan fingerprint density at radius 3 is 2.70 bits per heavy atom. The Morgan fingerprint density at radius 1 is 1.35 bits per heavy atom. The highest BCUT2D eigenvalue weighted by molar-refractivity contribution is 6.30. The van der Waals surface area contributed by atoms with Gasteiger partial charge in [0.25, 0.3) is 5.91 Å². The molecule has 1 saturated heterocycles. The van der Waals surface area contributed by atoms with Crippen LogP contribution in [0.2, 0.25) is 5.02 Å². The molecule has 0 bridgehead atoms. The molecule has 2 rings (SSSR count). The minimum atomic E-state index is -0.359. The lowest BCUT2D eigenvalue weighted by atomic mass is 10.1. The van der Waals surface area contributed by atoms with Crippen LogP contribution < -0.4 is 5.32 Å². The highest BCUT2D eigenvalue weighted by Crippen LogP contribution is 2.14. The quantitative estimate of drug-likeness (QED) is 0.758. The van der Waals surface area contributed by atoms with E-state index in [4.69, 9.17) is 16.3 Å². The maximum Gasteiger partial charge on any atom is 0.253 e. The zero-order valence-electron chi connectivity index (χ0n) is 13.6. The Balaban J connectivity index is 0.00000264. The van der Waals surface area contributed by atoms with E-state index in [2.05, 4.69) is 12.2 Å². The van der Waals surface area contributed by atoms with E-state index in [0.717, 1.165) is 37.9 Å². The molecule has 23 heavy (non-hydrogen) atoms. The molecule has 4 nitrogen and oxygen atoms in total. The van der Waals surface area contributed by atoms with Crippen LogP contribution in [0.25, 0.3) is 0 Å². The van der Waals surface area contributed by atoms with Crippen molar-refractivity contribution in [2.75, 3.05) is 26.2 Å². The summed E-state index contributed by atoms with van der Waals surface area (Å²) < 4.78 is 5.61. The van der Waals surface area contributed by atoms with E-state index in [1.807, 2.05) is 29.2 Å². The first-order valence-corrected chi connectivity index (χ1v) is 8.44. The molecular formula is C17H26Cl2N2O2. The van der Waals surface area contributed by atoms with E-state index < -0.39 is 0 Å². The van der Waals surface area contributed by atoms with E-state index in [0.29, 0.717) is 24.7 Å². The first-order chi connectivity index (χ1) is 10.7. The molecule has 1 N–H and O–H groups in total. The predicted molar refractivity (Wildman–Crippen MR) is 96.3 cm³/mol. The van der Waals surface area contributed by atoms with Crippen LogP contribution in [-0.2, 0) is 16.1 Å². The van der Waals surface area contributed by atoms with Crippen molar-refractivity contribution in [3.63, 3.8) is 0 Å². The SMILES string of the molecule is CCCCCN(Cc1ccc(Cl)cc1)C(=O)C1CNCCO1.Cl. The summed E-state index contributed by atoms with van der Waals surface area (Å²) in [4.78, 5) is 14.6. The van der Waals surface area contributed by atoms with Crippen LogP contribution in [0.5, 0.6) is 0 Å². The molecule has 1 aliphatic heterocycles. The number of hydrogen-bond donors (Lipinski definition) is 1. The van der Waals surface area contributed by atoms with Gasteiger partial charge in [-0.2, -0.15) is 0 Å². The van der Waals surface area contributed by atoms with Gasteiger partial charge in [-0.3, -0.25) is 4.79 Å². The molecule has 1 atom stereocenters. The third-order valence-electron chi connectivity index (χ3n) is 3.83. The number of ether oxygens (including phenoxy) is 1. The number of carbonyl (C=O) groups is 1. The molecule has 130 valence electrons. The Bertz CT molecular complexity index is 462. The number of carbonyl (C=O) groups excluding carboxylic acids is 1. The van der Waals surface area contributed by atoms with Crippen molar-refractivity contribution in [2.45, 2.75) is 38.8 Å². The van der Waals surface area contributed by atoms with Crippen LogP contribution in [0.1, 0.15) is 31.7 Å². The molecule has 1 aromatic rings. The Kier molecular flexibility index (Phi) is 9.56. The summed E-state index contributed by atoms with van der Waals surface area (Å²) in [6.45, 7) is 5.56. The fourth-order valence-electron chi connectivity index (χ4n) is 2.56. The molecule has 0 saturated carbocycles. The number of halogens is 2. The summed E-state index contributed by atoms with van der Waals surface area (Å²) in [5, 5.41) is 3.93. The van der Waals surface area contributed by atoms with Gasteiger partial charge in [-0.15, -0.1) is 12.4 Å². The van der Waals surface area contributed by atoms with Crippen LogP contribution in [0.3, 0.4) is 0 Å². The summed E-state index contributed by atoms with van der Waals surface area (Å²) in [5.74, 6) is 0.0817. The Morgan fingerprint density at radius 2 is 2.09 bits per heavy atom. The lowest BCUT2D eigenvalue weighted by molar-refractivity contribution is -0.146. The average Bonchev–Trinajstić information content (AvgIpc) is 2.56. The van der Waals surface area contributed by atoms with Crippen LogP contribution >= 0.6 is 24.0 Å². The average molecular weight is 361 g/mol. The third kappa shape index (κ3) is 6.68. The van der Waals surface area contributed by atoms with Crippen LogP contribution in [0.4, 0.5) is 0 Å². The van der Waals surface area contributed by atoms with Gasteiger partial charge in [0.05, 0.1) is 6.61 Å². The van der Waals surface area contributed by atoms with Gasteiger partial charge in [0, 0.05) is 31.2 Å². The lowest BCUT2D eigenvalue weighted by Crippen LogP contribution is -2.49. The highest BCUT2D eigenvalue weighted by atomic mass is 35.5. The minimum absolute atomic E-state index is 0. The standard InChI is InChI=1S/C17H25ClN2O2.ClH/c1-2-3-4-10-20(13-14-5-7-15(18)8-6-14)17(21)16-12-19-9-11-22-16;/h5-8,16,19H,2-4,9-13H2,1H3;1H. The molecule has 6 heteroatoms. The molecule has 0 spiro atoms. The third-order valence-corrected chi connectivity index (χ3v) is 4.08. The minimum Gasteiger partial charge on any atom is -0.366 e. The monoisotopic (exact) mass is 360 g/mol. The number of nitrogens with zero attached hydrogens (tertiary/aromatic N) is 1. The Hall–Kier alpha value is -0.810. The van der Waals surface area contributed by atoms with E-state index >= 15 is 0 Å². The largest absolute Gasteiger partial charge is 0.366 e. The number of morpholine rings is 1. The number of hydrogen-bond acceptors (Lipinski definition) is 3. The first-order valence-electron chi connectivity index (χ1n) is 8.06. The first kappa shape index (κ1) is 20.2. The van der Waals surface area contributed by atoms with Crippen LogP contribution in [-0.4, -0.2) is 43.2 Å². The number of rotatable bonds is 7. The van der Waals surface area contributed by atoms with Gasteiger partial charge >= 0.3 is 0 Å². The number of nitrogens with one attached hydrogen (secondary N) is 1. The van der Waals surface area contributed by atoms with E-state index in [1.165, 1.54) is 0 Å². The van der Waals surface area contributed by atoms with Crippen molar-refractivity contribution < 1.29 is 9.53 Å². The topological polar surface area (TPSA) is 41.6 Å². The van der Waals surface area contributed by atoms with Gasteiger partial charge in [0.15, 0.2) is 0 Å². The second-order valence-electron chi connectivity index (χ2n) is 5.66. The summed E-state index contributed by atoms with van der Waals surface area (Å²) >= 11 is 5.93. The highest BCUT2D eigenvalue weighted by Gasteiger charge is 2.26. The summed E-state index contributed by atoms with van der Waals surface area (Å²) in [5.41, 5.74) is 1.10. The smallest absolute Gasteiger partial charge is 0.253 e. The number of unbranched alkanes of at least 4 members (excludes halogenated alkanes) is 2. The predicted octanol–water partition coefficient (Wildman–Crippen LogP) is 3.27. The van der Waals surface area contributed by atoms with E-state index in [1.54, 1.807) is 0 Å². The number of benzene rings is 1. The zero-order chi connectivity index (χ0) is 15.8. The molecule has 1 unspecified atom stereocenters. The summed E-state index contributed by atoms with van der Waals surface area (Å²) in [6.07, 6.45) is 2.94. The van der Waals surface area contributed by atoms with Gasteiger partial charge in [-0.25, -0.2) is 0 Å². The molecule has 1 amide bonds. The fourth-order valence-corrected chi connectivity index (χ4v) is 2.68. The summed E-state index contributed by atoms with van der Waals surface area (Å²) in [6, 6.07) is 7.68. The van der Waals surface area contributed by atoms with Crippen molar-refractivity contribution in [1.82, 2.24) is 10.2 Å². The van der Waals surface area contributed by atoms with Gasteiger partial charge in [0.1, 0.15) is 6.10 Å². The Labute approximate surface area is 149 Å². The lowest BCUT2D eigenvalue weighted by Gasteiger charge is -2.30. The molecule has 0 aliphatic carbocycles. The molecule has 1 aromatic carbocycles. The van der Waals surface area contributed by atoms with Crippen LogP contribution in [0, 0.1) is 0 Å². The molecule has 1 fully saturated rings. The van der Waals surface area contributed by atoms with Gasteiger partial charge in [-0.1, -0.05) is 43.5 Å². The molecule has 1 heterocycles. The van der Waals surface area contributed by atoms with Gasteiger partial charge < -0.3 is 15.0 Å². The maximum atomic E-state index is 12.7. The molecule has 0 aromatic heterocycles. The van der Waals surface area contributed by atoms with Crippen molar-refractivity contribution in [3.8, 4) is 0 Å². The second-order valence-corrected chi connectivity index (χ2v) is 6.09. The van der Waals surface area contributed by atoms with Crippen molar-refractivity contribution in [1.29, 1.82) is 0 Å². The van der Waals surface area contributed by atoms with Gasteiger partial charge in [-0.05, 0) is 24.1 Å². The van der Waals surface area contributed by atoms with Crippen molar-refractivity contribution in [3.05, 3.63) is 34.9 Å². The van der Waals surface area contributed by atoms with Gasteiger partial charge in [0.2, 0.25) is 0 Å². The molecule has 1 aliphatic rings. The van der Waals surface area contributed by atoms with E-state index in [9.17, 15) is 4.79 Å². The number of amides is 1. The second kappa shape index (κ2) is 10.9. The molecular weight excluding hydrogens is 335 g/mol. The van der Waals surface area contributed by atoms with E-state index in [-0.39, 0.29) is 24.4 Å². The van der Waals surface area contributed by atoms with Crippen molar-refractivity contribution in [2.24, 2.45) is 0 Å². The van der Waals surface area contributed by atoms with Crippen molar-refractivity contribution >= 4 is 29.9 Å². The van der Waals surface area contributed by atoms with Crippen LogP contribution in [0.15, 0.2) is 24.3 Å². The zero-order valence-corrected chi connectivity index (χ0v) is 15.2.